The quantitative estimate of drug-likeness (QED) is 0.243. The lowest BCUT2D eigenvalue weighted by atomic mass is 10.1. The predicted octanol–water partition coefficient (Wildman–Crippen LogP) is 6.97. The molecule has 0 radical (unpaired) electrons. The van der Waals surface area contributed by atoms with Crippen molar-refractivity contribution in [2.75, 3.05) is 5.32 Å². The molecule has 194 valence electrons. The van der Waals surface area contributed by atoms with Crippen LogP contribution < -0.4 is 15.4 Å². The summed E-state index contributed by atoms with van der Waals surface area (Å²) in [5.41, 5.74) is 7.09. The Kier molecular flexibility index (Phi) is 7.56. The third-order valence-electron chi connectivity index (χ3n) is 6.56. The molecule has 1 saturated heterocycles. The van der Waals surface area contributed by atoms with Gasteiger partial charge in [0.25, 0.3) is 5.91 Å². The van der Waals surface area contributed by atoms with Crippen LogP contribution in [0.25, 0.3) is 11.8 Å². The smallest absolute Gasteiger partial charge is 0.260 e. The van der Waals surface area contributed by atoms with Gasteiger partial charge in [-0.05, 0) is 97.6 Å². The first-order chi connectivity index (χ1) is 18.4. The van der Waals surface area contributed by atoms with Crippen LogP contribution >= 0.6 is 11.8 Å². The molecule has 1 aliphatic rings. The second-order valence-electron chi connectivity index (χ2n) is 9.25. The number of nitrogens with zero attached hydrogens (tertiary/aromatic N) is 1. The Bertz CT molecular complexity index is 1460. The van der Waals surface area contributed by atoms with Gasteiger partial charge in [0.05, 0.1) is 4.91 Å². The fraction of sp³-hybridized carbons (Fsp3) is 0.194. The van der Waals surface area contributed by atoms with E-state index in [1.807, 2.05) is 42.5 Å². The molecule has 5 rings (SSSR count). The molecule has 5 nitrogen and oxygen atoms in total. The SMILES string of the molecule is CCc1ccc(N[C@H]2NC(=O)/C(=C/c3cc(C)n(-c4ccc(OCc5ccc(F)cc5)cc4)c3C)S2)cc1. The first-order valence-corrected chi connectivity index (χ1v) is 13.5. The Morgan fingerprint density at radius 2 is 1.68 bits per heavy atom. The summed E-state index contributed by atoms with van der Waals surface area (Å²) in [6.07, 6.45) is 2.96. The van der Waals surface area contributed by atoms with Crippen LogP contribution in [0.15, 0.2) is 83.8 Å². The van der Waals surface area contributed by atoms with Gasteiger partial charge in [0.15, 0.2) is 5.50 Å². The average Bonchev–Trinajstić information content (AvgIpc) is 3.41. The molecule has 1 aromatic heterocycles. The van der Waals surface area contributed by atoms with Crippen LogP contribution in [0.2, 0.25) is 0 Å². The van der Waals surface area contributed by atoms with Gasteiger partial charge < -0.3 is 19.9 Å². The highest BCUT2D eigenvalue weighted by atomic mass is 32.2. The highest BCUT2D eigenvalue weighted by Crippen LogP contribution is 2.32. The van der Waals surface area contributed by atoms with E-state index in [2.05, 4.69) is 54.2 Å². The minimum Gasteiger partial charge on any atom is -0.489 e. The minimum absolute atomic E-state index is 0.0786. The van der Waals surface area contributed by atoms with Gasteiger partial charge >= 0.3 is 0 Å². The number of carbonyl (C=O) groups excluding carboxylic acids is 1. The van der Waals surface area contributed by atoms with E-state index in [0.29, 0.717) is 11.5 Å². The zero-order valence-corrected chi connectivity index (χ0v) is 22.4. The number of hydrogen-bond donors (Lipinski definition) is 2. The zero-order valence-electron chi connectivity index (χ0n) is 21.6. The maximum Gasteiger partial charge on any atom is 0.260 e. The molecular weight excluding hydrogens is 497 g/mol. The number of aromatic nitrogens is 1. The lowest BCUT2D eigenvalue weighted by molar-refractivity contribution is -0.116. The molecule has 0 unspecified atom stereocenters. The highest BCUT2D eigenvalue weighted by molar-refractivity contribution is 8.05. The van der Waals surface area contributed by atoms with Crippen molar-refractivity contribution in [1.29, 1.82) is 0 Å². The van der Waals surface area contributed by atoms with Crippen molar-refractivity contribution >= 4 is 29.4 Å². The highest BCUT2D eigenvalue weighted by Gasteiger charge is 2.27. The molecule has 1 amide bonds. The van der Waals surface area contributed by atoms with Gasteiger partial charge in [0, 0.05) is 22.8 Å². The van der Waals surface area contributed by atoms with Crippen molar-refractivity contribution in [2.45, 2.75) is 39.3 Å². The van der Waals surface area contributed by atoms with Crippen molar-refractivity contribution in [2.24, 2.45) is 0 Å². The third kappa shape index (κ3) is 5.78. The molecule has 0 aliphatic carbocycles. The van der Waals surface area contributed by atoms with Crippen LogP contribution in [0.5, 0.6) is 5.75 Å². The van der Waals surface area contributed by atoms with E-state index in [9.17, 15) is 9.18 Å². The zero-order chi connectivity index (χ0) is 26.6. The lowest BCUT2D eigenvalue weighted by Gasteiger charge is -2.13. The number of hydrogen-bond acceptors (Lipinski definition) is 4. The van der Waals surface area contributed by atoms with Gasteiger partial charge in [-0.2, -0.15) is 0 Å². The van der Waals surface area contributed by atoms with Crippen molar-refractivity contribution in [1.82, 2.24) is 9.88 Å². The number of benzene rings is 3. The van der Waals surface area contributed by atoms with Gasteiger partial charge in [0.2, 0.25) is 0 Å². The number of carbonyl (C=O) groups is 1. The molecule has 2 heterocycles. The van der Waals surface area contributed by atoms with E-state index < -0.39 is 0 Å². The number of ether oxygens (including phenoxy) is 1. The van der Waals surface area contributed by atoms with Crippen LogP contribution in [-0.2, 0) is 17.8 Å². The Balaban J connectivity index is 1.27. The van der Waals surface area contributed by atoms with E-state index in [4.69, 9.17) is 4.74 Å². The molecule has 1 fully saturated rings. The molecule has 4 aromatic rings. The first kappa shape index (κ1) is 25.7. The Hall–Kier alpha value is -3.97. The van der Waals surface area contributed by atoms with E-state index >= 15 is 0 Å². The number of anilines is 1. The van der Waals surface area contributed by atoms with Crippen molar-refractivity contribution < 1.29 is 13.9 Å². The summed E-state index contributed by atoms with van der Waals surface area (Å²) < 4.78 is 21.1. The minimum atomic E-state index is -0.258. The van der Waals surface area contributed by atoms with Gasteiger partial charge in [-0.15, -0.1) is 0 Å². The average molecular weight is 528 g/mol. The monoisotopic (exact) mass is 527 g/mol. The van der Waals surface area contributed by atoms with Crippen LogP contribution in [0.4, 0.5) is 10.1 Å². The largest absolute Gasteiger partial charge is 0.489 e. The summed E-state index contributed by atoms with van der Waals surface area (Å²) in [7, 11) is 0. The molecular formula is C31H30FN3O2S. The standard InChI is InChI=1S/C31H30FN3O2S/c1-4-22-7-11-26(12-8-22)33-31-34-30(36)29(38-31)18-24-17-20(2)35(21(24)3)27-13-15-28(16-14-27)37-19-23-5-9-25(32)10-6-23/h5-18,31,33H,4,19H2,1-3H3,(H,34,36)/b29-18-/t31-/m0/s1. The Morgan fingerprint density at radius 1 is 1.00 bits per heavy atom. The Morgan fingerprint density at radius 3 is 2.37 bits per heavy atom. The van der Waals surface area contributed by atoms with Crippen LogP contribution in [-0.4, -0.2) is 16.0 Å². The summed E-state index contributed by atoms with van der Waals surface area (Å²) in [4.78, 5) is 13.4. The molecule has 1 atom stereocenters. The maximum absolute atomic E-state index is 13.1. The molecule has 38 heavy (non-hydrogen) atoms. The molecule has 0 saturated carbocycles. The number of thioether (sulfide) groups is 1. The van der Waals surface area contributed by atoms with E-state index in [1.165, 1.54) is 29.5 Å². The van der Waals surface area contributed by atoms with E-state index in [-0.39, 0.29) is 17.2 Å². The number of rotatable bonds is 8. The lowest BCUT2D eigenvalue weighted by Crippen LogP contribution is -2.30. The number of nitrogens with one attached hydrogen (secondary N) is 2. The van der Waals surface area contributed by atoms with Crippen molar-refractivity contribution in [3.05, 3.63) is 118 Å². The second kappa shape index (κ2) is 11.2. The van der Waals surface area contributed by atoms with Gasteiger partial charge in [-0.1, -0.05) is 43.0 Å². The number of amides is 1. The fourth-order valence-corrected chi connectivity index (χ4v) is 5.44. The number of aryl methyl sites for hydroxylation is 2. The van der Waals surface area contributed by atoms with Gasteiger partial charge in [-0.3, -0.25) is 4.79 Å². The molecule has 7 heteroatoms. The molecule has 0 spiro atoms. The normalized spacial score (nSPS) is 16.1. The molecule has 1 aliphatic heterocycles. The first-order valence-electron chi connectivity index (χ1n) is 12.6. The fourth-order valence-electron chi connectivity index (χ4n) is 4.46. The van der Waals surface area contributed by atoms with Crippen LogP contribution in [0.1, 0.15) is 35.0 Å². The van der Waals surface area contributed by atoms with Crippen LogP contribution in [0, 0.1) is 19.7 Å². The molecule has 3 aromatic carbocycles. The van der Waals surface area contributed by atoms with Crippen LogP contribution in [0.3, 0.4) is 0 Å². The van der Waals surface area contributed by atoms with Gasteiger partial charge in [-0.25, -0.2) is 4.39 Å². The van der Waals surface area contributed by atoms with E-state index in [0.717, 1.165) is 46.1 Å². The summed E-state index contributed by atoms with van der Waals surface area (Å²) in [5.74, 6) is 0.404. The summed E-state index contributed by atoms with van der Waals surface area (Å²) >= 11 is 1.49. The summed E-state index contributed by atoms with van der Waals surface area (Å²) in [6.45, 7) is 6.62. The summed E-state index contributed by atoms with van der Waals surface area (Å²) in [5, 5.41) is 6.39. The van der Waals surface area contributed by atoms with E-state index in [1.54, 1.807) is 12.1 Å². The Labute approximate surface area is 226 Å². The van der Waals surface area contributed by atoms with Gasteiger partial charge in [0.1, 0.15) is 18.2 Å². The molecule has 2 N–H and O–H groups in total. The van der Waals surface area contributed by atoms with Crippen molar-refractivity contribution in [3.63, 3.8) is 0 Å². The topological polar surface area (TPSA) is 55.3 Å². The predicted molar refractivity (Wildman–Crippen MR) is 153 cm³/mol. The maximum atomic E-state index is 13.1. The third-order valence-corrected chi connectivity index (χ3v) is 7.59. The number of halogens is 1. The molecule has 0 bridgehead atoms. The van der Waals surface area contributed by atoms with Crippen molar-refractivity contribution in [3.8, 4) is 11.4 Å². The summed E-state index contributed by atoms with van der Waals surface area (Å²) in [6, 6.07) is 24.6. The second-order valence-corrected chi connectivity index (χ2v) is 10.4.